The smallest absolute Gasteiger partial charge is 0.252 e. The molecule has 1 amide bonds. The second-order valence-electron chi connectivity index (χ2n) is 5.74. The van der Waals surface area contributed by atoms with E-state index in [4.69, 9.17) is 11.5 Å². The number of fused-ring (bicyclic) bond motifs is 1. The number of rotatable bonds is 2. The molecule has 0 radical (unpaired) electrons. The zero-order valence-electron chi connectivity index (χ0n) is 12.2. The molecule has 1 aromatic heterocycles. The van der Waals surface area contributed by atoms with Crippen LogP contribution in [0.3, 0.4) is 0 Å². The Hall–Kier alpha value is -2.14. The predicted molar refractivity (Wildman–Crippen MR) is 84.4 cm³/mol. The van der Waals surface area contributed by atoms with Gasteiger partial charge in [-0.1, -0.05) is 11.6 Å². The molecule has 1 aromatic carbocycles. The maximum atomic E-state index is 11.8. The molecule has 1 saturated heterocycles. The lowest BCUT2D eigenvalue weighted by atomic mass is 10.0. The number of piperidine rings is 1. The van der Waals surface area contributed by atoms with Crippen molar-refractivity contribution in [3.05, 3.63) is 35.4 Å². The minimum Gasteiger partial charge on any atom is -0.365 e. The number of benzene rings is 1. The van der Waals surface area contributed by atoms with E-state index in [1.165, 1.54) is 0 Å². The van der Waals surface area contributed by atoms with Crippen LogP contribution in [0.2, 0.25) is 0 Å². The summed E-state index contributed by atoms with van der Waals surface area (Å²) in [7, 11) is 0. The van der Waals surface area contributed by atoms with Crippen molar-refractivity contribution in [1.29, 1.82) is 0 Å². The average Bonchev–Trinajstić information content (AvgIpc) is 2.46. The number of pyridine rings is 1. The number of hydrogen-bond acceptors (Lipinski definition) is 4. The molecule has 0 unspecified atom stereocenters. The van der Waals surface area contributed by atoms with E-state index in [-0.39, 0.29) is 6.04 Å². The third-order valence-corrected chi connectivity index (χ3v) is 4.05. The van der Waals surface area contributed by atoms with Crippen molar-refractivity contribution in [2.75, 3.05) is 18.0 Å². The van der Waals surface area contributed by atoms with Gasteiger partial charge in [-0.2, -0.15) is 0 Å². The molecule has 0 atom stereocenters. The third kappa shape index (κ3) is 2.69. The summed E-state index contributed by atoms with van der Waals surface area (Å²) in [5.74, 6) is 0.251. The van der Waals surface area contributed by atoms with E-state index < -0.39 is 5.91 Å². The van der Waals surface area contributed by atoms with Crippen molar-refractivity contribution in [3.8, 4) is 0 Å². The average molecular weight is 284 g/mol. The second-order valence-corrected chi connectivity index (χ2v) is 5.74. The summed E-state index contributed by atoms with van der Waals surface area (Å²) in [5.41, 5.74) is 14.0. The van der Waals surface area contributed by atoms with Gasteiger partial charge in [0.15, 0.2) is 0 Å². The van der Waals surface area contributed by atoms with Crippen LogP contribution in [0.5, 0.6) is 0 Å². The number of nitrogens with zero attached hydrogens (tertiary/aromatic N) is 2. The van der Waals surface area contributed by atoms with Crippen LogP contribution in [-0.4, -0.2) is 30.0 Å². The Kier molecular flexibility index (Phi) is 3.51. The Morgan fingerprint density at radius 3 is 2.67 bits per heavy atom. The molecule has 1 aliphatic heterocycles. The summed E-state index contributed by atoms with van der Waals surface area (Å²) in [6.07, 6.45) is 1.82. The van der Waals surface area contributed by atoms with Crippen molar-refractivity contribution >= 4 is 22.6 Å². The molecule has 110 valence electrons. The summed E-state index contributed by atoms with van der Waals surface area (Å²) >= 11 is 0. The molecule has 1 fully saturated rings. The normalized spacial score (nSPS) is 16.4. The van der Waals surface area contributed by atoms with Crippen LogP contribution in [0.1, 0.15) is 28.8 Å². The number of aromatic nitrogens is 1. The van der Waals surface area contributed by atoms with Crippen LogP contribution in [0.4, 0.5) is 5.82 Å². The van der Waals surface area contributed by atoms with Crippen molar-refractivity contribution in [2.45, 2.75) is 25.8 Å². The standard InChI is InChI=1S/C16H20N4O/c1-10-2-3-14-11(8-10)9-13(15(18)21)16(19-14)20-6-4-12(17)5-7-20/h2-3,8-9,12H,4-7,17H2,1H3,(H2,18,21). The van der Waals surface area contributed by atoms with E-state index >= 15 is 0 Å². The van der Waals surface area contributed by atoms with Gasteiger partial charge in [0.25, 0.3) is 5.91 Å². The van der Waals surface area contributed by atoms with Gasteiger partial charge in [0.1, 0.15) is 5.82 Å². The highest BCUT2D eigenvalue weighted by Crippen LogP contribution is 2.26. The molecule has 0 bridgehead atoms. The SMILES string of the molecule is Cc1ccc2nc(N3CCC(N)CC3)c(C(N)=O)cc2c1. The first kappa shape index (κ1) is 13.8. The van der Waals surface area contributed by atoms with Crippen LogP contribution in [0.15, 0.2) is 24.3 Å². The summed E-state index contributed by atoms with van der Waals surface area (Å²) in [6.45, 7) is 3.64. The molecule has 0 spiro atoms. The number of carbonyl (C=O) groups is 1. The third-order valence-electron chi connectivity index (χ3n) is 4.05. The van der Waals surface area contributed by atoms with Gasteiger partial charge in [0.2, 0.25) is 0 Å². The van der Waals surface area contributed by atoms with E-state index in [0.717, 1.165) is 42.4 Å². The summed E-state index contributed by atoms with van der Waals surface area (Å²) < 4.78 is 0. The zero-order valence-corrected chi connectivity index (χ0v) is 12.2. The minimum atomic E-state index is -0.434. The molecule has 2 aromatic rings. The highest BCUT2D eigenvalue weighted by molar-refractivity contribution is 6.01. The highest BCUT2D eigenvalue weighted by Gasteiger charge is 2.22. The Morgan fingerprint density at radius 2 is 2.00 bits per heavy atom. The summed E-state index contributed by atoms with van der Waals surface area (Å²) in [4.78, 5) is 18.6. The van der Waals surface area contributed by atoms with Gasteiger partial charge in [-0.25, -0.2) is 4.98 Å². The Morgan fingerprint density at radius 1 is 1.29 bits per heavy atom. The number of carbonyl (C=O) groups excluding carboxylic acids is 1. The Balaban J connectivity index is 2.09. The second kappa shape index (κ2) is 5.33. The lowest BCUT2D eigenvalue weighted by molar-refractivity contribution is 0.100. The van der Waals surface area contributed by atoms with Crippen molar-refractivity contribution in [3.63, 3.8) is 0 Å². The number of hydrogen-bond donors (Lipinski definition) is 2. The molecule has 0 aliphatic carbocycles. The number of amides is 1. The van der Waals surface area contributed by atoms with Crippen LogP contribution < -0.4 is 16.4 Å². The first-order chi connectivity index (χ1) is 10.0. The quantitative estimate of drug-likeness (QED) is 0.876. The lowest BCUT2D eigenvalue weighted by Gasteiger charge is -2.32. The lowest BCUT2D eigenvalue weighted by Crippen LogP contribution is -2.41. The first-order valence-electron chi connectivity index (χ1n) is 7.26. The van der Waals surface area contributed by atoms with E-state index in [1.54, 1.807) is 0 Å². The van der Waals surface area contributed by atoms with Gasteiger partial charge in [-0.05, 0) is 38.0 Å². The fourth-order valence-corrected chi connectivity index (χ4v) is 2.82. The van der Waals surface area contributed by atoms with Crippen LogP contribution in [0, 0.1) is 6.92 Å². The Bertz CT molecular complexity index is 690. The van der Waals surface area contributed by atoms with E-state index in [9.17, 15) is 4.79 Å². The van der Waals surface area contributed by atoms with Crippen LogP contribution >= 0.6 is 0 Å². The minimum absolute atomic E-state index is 0.237. The van der Waals surface area contributed by atoms with Gasteiger partial charge in [0, 0.05) is 24.5 Å². The molecule has 5 heteroatoms. The molecular weight excluding hydrogens is 264 g/mol. The van der Waals surface area contributed by atoms with E-state index in [1.807, 2.05) is 31.2 Å². The molecule has 3 rings (SSSR count). The molecule has 4 N–H and O–H groups in total. The van der Waals surface area contributed by atoms with E-state index in [2.05, 4.69) is 9.88 Å². The summed E-state index contributed by atoms with van der Waals surface area (Å²) in [5, 5.41) is 0.946. The van der Waals surface area contributed by atoms with Crippen molar-refractivity contribution in [2.24, 2.45) is 11.5 Å². The number of nitrogens with two attached hydrogens (primary N) is 2. The zero-order chi connectivity index (χ0) is 15.0. The maximum absolute atomic E-state index is 11.8. The van der Waals surface area contributed by atoms with Crippen molar-refractivity contribution in [1.82, 2.24) is 4.98 Å². The Labute approximate surface area is 123 Å². The first-order valence-corrected chi connectivity index (χ1v) is 7.26. The van der Waals surface area contributed by atoms with E-state index in [0.29, 0.717) is 11.4 Å². The molecule has 21 heavy (non-hydrogen) atoms. The fraction of sp³-hybridized carbons (Fsp3) is 0.375. The number of anilines is 1. The highest BCUT2D eigenvalue weighted by atomic mass is 16.1. The van der Waals surface area contributed by atoms with Gasteiger partial charge < -0.3 is 16.4 Å². The summed E-state index contributed by atoms with van der Waals surface area (Å²) in [6, 6.07) is 8.11. The molecular formula is C16H20N4O. The maximum Gasteiger partial charge on any atom is 0.252 e. The number of aryl methyl sites for hydroxylation is 1. The van der Waals surface area contributed by atoms with Crippen LogP contribution in [-0.2, 0) is 0 Å². The number of primary amides is 1. The topological polar surface area (TPSA) is 85.2 Å². The van der Waals surface area contributed by atoms with Gasteiger partial charge >= 0.3 is 0 Å². The molecule has 2 heterocycles. The van der Waals surface area contributed by atoms with Gasteiger partial charge in [0.05, 0.1) is 11.1 Å². The molecule has 1 aliphatic rings. The molecule has 5 nitrogen and oxygen atoms in total. The van der Waals surface area contributed by atoms with Crippen molar-refractivity contribution < 1.29 is 4.79 Å². The largest absolute Gasteiger partial charge is 0.365 e. The van der Waals surface area contributed by atoms with Gasteiger partial charge in [-0.3, -0.25) is 4.79 Å². The monoisotopic (exact) mass is 284 g/mol. The predicted octanol–water partition coefficient (Wildman–Crippen LogP) is 1.57. The molecule has 0 saturated carbocycles. The fourth-order valence-electron chi connectivity index (χ4n) is 2.82. The van der Waals surface area contributed by atoms with Gasteiger partial charge in [-0.15, -0.1) is 0 Å². The van der Waals surface area contributed by atoms with Crippen LogP contribution in [0.25, 0.3) is 10.9 Å².